The third-order valence-electron chi connectivity index (χ3n) is 6.00. The lowest BCUT2D eigenvalue weighted by Gasteiger charge is -2.20. The van der Waals surface area contributed by atoms with Crippen LogP contribution in [0.15, 0.2) is 65.8 Å². The van der Waals surface area contributed by atoms with Crippen LogP contribution in [0.25, 0.3) is 0 Å². The molecular formula is C26H24N4O3. The fraction of sp³-hybridized carbons (Fsp3) is 0.231. The Hall–Kier alpha value is -4.00. The van der Waals surface area contributed by atoms with Gasteiger partial charge in [-0.3, -0.25) is 14.5 Å². The molecule has 5 rings (SSSR count). The number of aryl methyl sites for hydroxylation is 2. The molecule has 0 spiro atoms. The normalized spacial score (nSPS) is 14.8. The number of nitrogens with zero attached hydrogens (tertiary/aromatic N) is 3. The molecule has 0 unspecified atom stereocenters. The van der Waals surface area contributed by atoms with Crippen molar-refractivity contribution in [3.8, 4) is 5.75 Å². The highest BCUT2D eigenvalue weighted by atomic mass is 16.5. The molecular weight excluding hydrogens is 416 g/mol. The Morgan fingerprint density at radius 3 is 2.73 bits per heavy atom. The zero-order valence-corrected chi connectivity index (χ0v) is 18.4. The van der Waals surface area contributed by atoms with Crippen LogP contribution in [-0.2, 0) is 22.4 Å². The third kappa shape index (κ3) is 4.35. The number of aromatic nitrogens is 1. The number of methoxy groups -OCH3 is 1. The Morgan fingerprint density at radius 1 is 1.09 bits per heavy atom. The number of ether oxygens (including phenoxy) is 1. The minimum atomic E-state index is -0.272. The first-order valence-electron chi connectivity index (χ1n) is 11.0. The van der Waals surface area contributed by atoms with Crippen LogP contribution in [0.1, 0.15) is 29.5 Å². The second kappa shape index (κ2) is 8.86. The fourth-order valence-electron chi connectivity index (χ4n) is 4.33. The van der Waals surface area contributed by atoms with Gasteiger partial charge in [0.25, 0.3) is 0 Å². The van der Waals surface area contributed by atoms with Crippen LogP contribution in [0.3, 0.4) is 0 Å². The molecule has 2 heterocycles. The maximum absolute atomic E-state index is 13.2. The number of benzene rings is 2. The average Bonchev–Trinajstić information content (AvgIpc) is 3.25. The molecule has 0 radical (unpaired) electrons. The van der Waals surface area contributed by atoms with E-state index in [-0.39, 0.29) is 24.8 Å². The van der Waals surface area contributed by atoms with Crippen LogP contribution in [-0.4, -0.2) is 36.2 Å². The van der Waals surface area contributed by atoms with Gasteiger partial charge in [-0.1, -0.05) is 6.07 Å². The molecule has 7 nitrogen and oxygen atoms in total. The smallest absolute Gasteiger partial charge is 0.244 e. The molecule has 3 aromatic rings. The Labute approximate surface area is 192 Å². The van der Waals surface area contributed by atoms with E-state index in [1.807, 2.05) is 36.4 Å². The number of hydrogen-bond donors (Lipinski definition) is 1. The molecule has 33 heavy (non-hydrogen) atoms. The van der Waals surface area contributed by atoms with Gasteiger partial charge in [-0.15, -0.1) is 0 Å². The number of pyridine rings is 1. The molecule has 1 N–H and O–H groups in total. The fourth-order valence-corrected chi connectivity index (χ4v) is 4.33. The molecule has 166 valence electrons. The molecule has 2 aliphatic rings. The van der Waals surface area contributed by atoms with Crippen molar-refractivity contribution in [2.45, 2.75) is 25.7 Å². The number of hydrogen-bond acceptors (Lipinski definition) is 5. The highest BCUT2D eigenvalue weighted by Gasteiger charge is 2.28. The number of nitrogens with one attached hydrogen (secondary N) is 1. The van der Waals surface area contributed by atoms with Crippen molar-refractivity contribution in [2.24, 2.45) is 4.99 Å². The summed E-state index contributed by atoms with van der Waals surface area (Å²) in [5, 5.41) is 2.93. The molecule has 1 aliphatic heterocycles. The summed E-state index contributed by atoms with van der Waals surface area (Å²) >= 11 is 0. The topological polar surface area (TPSA) is 83.9 Å². The van der Waals surface area contributed by atoms with Crippen LogP contribution in [0, 0.1) is 0 Å². The summed E-state index contributed by atoms with van der Waals surface area (Å²) in [6.07, 6.45) is 4.94. The van der Waals surface area contributed by atoms with Crippen molar-refractivity contribution in [1.82, 2.24) is 4.98 Å². The first-order valence-corrected chi connectivity index (χ1v) is 11.0. The zero-order valence-electron chi connectivity index (χ0n) is 18.4. The summed E-state index contributed by atoms with van der Waals surface area (Å²) < 4.78 is 5.22. The molecule has 1 aliphatic carbocycles. The predicted octanol–water partition coefficient (Wildman–Crippen LogP) is 4.08. The Balaban J connectivity index is 1.38. The first-order chi connectivity index (χ1) is 16.1. The van der Waals surface area contributed by atoms with E-state index in [1.165, 1.54) is 16.0 Å². The van der Waals surface area contributed by atoms with Crippen molar-refractivity contribution in [2.75, 3.05) is 23.9 Å². The van der Waals surface area contributed by atoms with Crippen molar-refractivity contribution in [3.63, 3.8) is 0 Å². The number of fused-ring (bicyclic) bond motifs is 2. The van der Waals surface area contributed by atoms with Gasteiger partial charge in [0.05, 0.1) is 19.2 Å². The summed E-state index contributed by atoms with van der Waals surface area (Å²) in [4.78, 5) is 36.6. The van der Waals surface area contributed by atoms with Crippen LogP contribution in [0.2, 0.25) is 0 Å². The molecule has 1 aromatic heterocycles. The number of carbonyl (C=O) groups is 2. The van der Waals surface area contributed by atoms with Gasteiger partial charge in [0, 0.05) is 11.9 Å². The van der Waals surface area contributed by atoms with Gasteiger partial charge < -0.3 is 10.1 Å². The zero-order chi connectivity index (χ0) is 22.8. The standard InChI is InChI=1S/C26H24N4O3/c1-33-21-11-8-18(9-12-21)23-15-25(32)30(26-22(29-23)6-3-13-27-26)16-24(31)28-20-10-7-17-4-2-5-19(17)14-20/h3,6-14H,2,4-5,15-16H2,1H3,(H,28,31). The van der Waals surface area contributed by atoms with Crippen LogP contribution >= 0.6 is 0 Å². The molecule has 7 heteroatoms. The van der Waals surface area contributed by atoms with Gasteiger partial charge in [0.2, 0.25) is 11.8 Å². The van der Waals surface area contributed by atoms with E-state index in [4.69, 9.17) is 9.73 Å². The van der Waals surface area contributed by atoms with Gasteiger partial charge in [-0.05, 0) is 84.5 Å². The maximum atomic E-state index is 13.2. The lowest BCUT2D eigenvalue weighted by molar-refractivity contribution is -0.120. The molecule has 0 bridgehead atoms. The van der Waals surface area contributed by atoms with Crippen molar-refractivity contribution < 1.29 is 14.3 Å². The number of aliphatic imine (C=N–C) groups is 1. The van der Waals surface area contributed by atoms with Gasteiger partial charge in [-0.2, -0.15) is 0 Å². The predicted molar refractivity (Wildman–Crippen MR) is 127 cm³/mol. The van der Waals surface area contributed by atoms with Gasteiger partial charge in [-0.25, -0.2) is 9.98 Å². The van der Waals surface area contributed by atoms with E-state index < -0.39 is 0 Å². The summed E-state index contributed by atoms with van der Waals surface area (Å²) in [5.74, 6) is 0.609. The summed E-state index contributed by atoms with van der Waals surface area (Å²) in [7, 11) is 1.61. The maximum Gasteiger partial charge on any atom is 0.244 e. The monoisotopic (exact) mass is 440 g/mol. The molecule has 0 saturated carbocycles. The van der Waals surface area contributed by atoms with E-state index in [0.29, 0.717) is 17.2 Å². The Bertz CT molecular complexity index is 1250. The molecule has 2 amide bonds. The summed E-state index contributed by atoms with van der Waals surface area (Å²) in [5.41, 5.74) is 5.38. The van der Waals surface area contributed by atoms with Crippen molar-refractivity contribution >= 4 is 34.7 Å². The second-order valence-electron chi connectivity index (χ2n) is 8.18. The minimum absolute atomic E-state index is 0.0643. The summed E-state index contributed by atoms with van der Waals surface area (Å²) in [6.45, 7) is -0.134. The van der Waals surface area contributed by atoms with Gasteiger partial charge in [0.1, 0.15) is 18.0 Å². The minimum Gasteiger partial charge on any atom is -0.497 e. The highest BCUT2D eigenvalue weighted by molar-refractivity contribution is 6.18. The first kappa shape index (κ1) is 20.9. The van der Waals surface area contributed by atoms with E-state index in [2.05, 4.69) is 16.4 Å². The van der Waals surface area contributed by atoms with E-state index in [0.717, 1.165) is 36.3 Å². The van der Waals surface area contributed by atoms with E-state index >= 15 is 0 Å². The lowest BCUT2D eigenvalue weighted by atomic mass is 10.1. The molecule has 0 atom stereocenters. The molecule has 2 aromatic carbocycles. The molecule has 0 fully saturated rings. The highest BCUT2D eigenvalue weighted by Crippen LogP contribution is 2.31. The Morgan fingerprint density at radius 2 is 1.91 bits per heavy atom. The average molecular weight is 441 g/mol. The molecule has 0 saturated heterocycles. The number of rotatable bonds is 5. The van der Waals surface area contributed by atoms with Gasteiger partial charge in [0.15, 0.2) is 5.82 Å². The van der Waals surface area contributed by atoms with Crippen LogP contribution < -0.4 is 15.0 Å². The SMILES string of the molecule is COc1ccc(C2=Nc3cccnc3N(CC(=O)Nc3ccc4c(c3)CCC4)C(=O)C2)cc1. The van der Waals surface area contributed by atoms with E-state index in [9.17, 15) is 9.59 Å². The number of amides is 2. The van der Waals surface area contributed by atoms with E-state index in [1.54, 1.807) is 25.4 Å². The quantitative estimate of drug-likeness (QED) is 0.648. The van der Waals surface area contributed by atoms with Crippen molar-refractivity contribution in [1.29, 1.82) is 0 Å². The Kier molecular flexibility index (Phi) is 5.60. The lowest BCUT2D eigenvalue weighted by Crippen LogP contribution is -2.39. The van der Waals surface area contributed by atoms with Crippen LogP contribution in [0.4, 0.5) is 17.2 Å². The number of anilines is 2. The van der Waals surface area contributed by atoms with Gasteiger partial charge >= 0.3 is 0 Å². The number of carbonyl (C=O) groups excluding carboxylic acids is 2. The third-order valence-corrected chi connectivity index (χ3v) is 6.00. The van der Waals surface area contributed by atoms with Crippen molar-refractivity contribution in [3.05, 3.63) is 77.5 Å². The second-order valence-corrected chi connectivity index (χ2v) is 8.18. The summed E-state index contributed by atoms with van der Waals surface area (Å²) in [6, 6.07) is 17.0. The van der Waals surface area contributed by atoms with Crippen LogP contribution in [0.5, 0.6) is 5.75 Å². The largest absolute Gasteiger partial charge is 0.497 e.